The number of piperidine rings is 1. The normalized spacial score (nSPS) is 23.8. The third-order valence-electron chi connectivity index (χ3n) is 4.25. The molecule has 2 aliphatic rings. The molecule has 1 saturated carbocycles. The van der Waals surface area contributed by atoms with E-state index in [1.807, 2.05) is 0 Å². The maximum atomic E-state index is 12.7. The lowest BCUT2D eigenvalue weighted by molar-refractivity contribution is -0.271. The van der Waals surface area contributed by atoms with Gasteiger partial charge < -0.3 is 20.1 Å². The van der Waals surface area contributed by atoms with Crippen LogP contribution < -0.4 is 5.32 Å². The number of aliphatic hydroxyl groups is 1. The Morgan fingerprint density at radius 2 is 2.00 bits per heavy atom. The highest BCUT2D eigenvalue weighted by molar-refractivity contribution is 5.74. The van der Waals surface area contributed by atoms with Crippen LogP contribution in [0.2, 0.25) is 0 Å². The number of hydrogen-bond donors (Lipinski definition) is 2. The number of halogens is 3. The summed E-state index contributed by atoms with van der Waals surface area (Å²) in [5.41, 5.74) is -2.67. The molecule has 2 rings (SSSR count). The van der Waals surface area contributed by atoms with Gasteiger partial charge in [0, 0.05) is 33.0 Å². The topological polar surface area (TPSA) is 61.8 Å². The number of carbonyl (C=O) groups excluding carboxylic acids is 1. The van der Waals surface area contributed by atoms with Crippen molar-refractivity contribution < 1.29 is 27.8 Å². The molecule has 0 spiro atoms. The number of alkyl halides is 3. The van der Waals surface area contributed by atoms with Gasteiger partial charge in [0.25, 0.3) is 0 Å². The van der Waals surface area contributed by atoms with Gasteiger partial charge in [0.15, 0.2) is 5.60 Å². The molecule has 5 nitrogen and oxygen atoms in total. The molecule has 1 unspecified atom stereocenters. The summed E-state index contributed by atoms with van der Waals surface area (Å²) in [4.78, 5) is 13.4. The number of amides is 2. The highest BCUT2D eigenvalue weighted by Gasteiger charge is 2.55. The van der Waals surface area contributed by atoms with E-state index in [0.717, 1.165) is 12.8 Å². The van der Waals surface area contributed by atoms with Crippen LogP contribution in [0.5, 0.6) is 0 Å². The first-order valence-corrected chi connectivity index (χ1v) is 7.10. The molecule has 1 atom stereocenters. The van der Waals surface area contributed by atoms with Gasteiger partial charge in [-0.3, -0.25) is 0 Å². The van der Waals surface area contributed by atoms with E-state index in [1.165, 1.54) is 4.90 Å². The highest BCUT2D eigenvalue weighted by atomic mass is 19.4. The van der Waals surface area contributed by atoms with Crippen LogP contribution in [0.1, 0.15) is 25.7 Å². The van der Waals surface area contributed by atoms with Crippen molar-refractivity contribution in [3.63, 3.8) is 0 Å². The van der Waals surface area contributed by atoms with Crippen molar-refractivity contribution in [1.82, 2.24) is 10.2 Å². The Labute approximate surface area is 121 Å². The fraction of sp³-hybridized carbons (Fsp3) is 0.923. The van der Waals surface area contributed by atoms with E-state index in [2.05, 4.69) is 5.32 Å². The first-order valence-electron chi connectivity index (χ1n) is 7.10. The van der Waals surface area contributed by atoms with E-state index >= 15 is 0 Å². The van der Waals surface area contributed by atoms with Gasteiger partial charge in [0.1, 0.15) is 0 Å². The molecule has 1 saturated heterocycles. The standard InChI is InChI=1S/C13H21F3N2O3/c1-21-8-10(9-2-3-9)17-11(19)18-6-4-12(20,5-7-18)13(14,15)16/h9-10,20H,2-8H2,1H3,(H,17,19). The van der Waals surface area contributed by atoms with Crippen LogP contribution in [0.4, 0.5) is 18.0 Å². The van der Waals surface area contributed by atoms with Crippen molar-refractivity contribution in [1.29, 1.82) is 0 Å². The predicted molar refractivity (Wildman–Crippen MR) is 68.7 cm³/mol. The summed E-state index contributed by atoms with van der Waals surface area (Å²) in [6, 6.07) is -0.473. The second kappa shape index (κ2) is 6.00. The fourth-order valence-corrected chi connectivity index (χ4v) is 2.59. The fourth-order valence-electron chi connectivity index (χ4n) is 2.59. The van der Waals surface area contributed by atoms with Gasteiger partial charge in [-0.05, 0) is 18.8 Å². The third kappa shape index (κ3) is 3.79. The minimum atomic E-state index is -4.65. The summed E-state index contributed by atoms with van der Waals surface area (Å²) in [5, 5.41) is 12.4. The van der Waals surface area contributed by atoms with Crippen molar-refractivity contribution in [3.8, 4) is 0 Å². The van der Waals surface area contributed by atoms with Crippen molar-refractivity contribution >= 4 is 6.03 Å². The smallest absolute Gasteiger partial charge is 0.383 e. The molecule has 2 fully saturated rings. The lowest BCUT2D eigenvalue weighted by Gasteiger charge is -2.39. The number of urea groups is 1. The molecular weight excluding hydrogens is 289 g/mol. The van der Waals surface area contributed by atoms with E-state index in [9.17, 15) is 23.1 Å². The SMILES string of the molecule is COCC(NC(=O)N1CCC(O)(C(F)(F)F)CC1)C1CC1. The molecule has 0 aromatic rings. The zero-order valence-corrected chi connectivity index (χ0v) is 11.9. The van der Waals surface area contributed by atoms with Gasteiger partial charge in [-0.25, -0.2) is 4.79 Å². The molecule has 1 aliphatic carbocycles. The molecule has 21 heavy (non-hydrogen) atoms. The minimum absolute atomic E-state index is 0.0917. The number of nitrogens with zero attached hydrogens (tertiary/aromatic N) is 1. The summed E-state index contributed by atoms with van der Waals surface area (Å²) in [7, 11) is 1.55. The van der Waals surface area contributed by atoms with Gasteiger partial charge in [-0.2, -0.15) is 13.2 Å². The van der Waals surface area contributed by atoms with Crippen molar-refractivity contribution in [2.45, 2.75) is 43.5 Å². The summed E-state index contributed by atoms with van der Waals surface area (Å²) in [6.07, 6.45) is -3.56. The maximum absolute atomic E-state index is 12.7. The van der Waals surface area contributed by atoms with Crippen molar-refractivity contribution in [3.05, 3.63) is 0 Å². The molecule has 0 bridgehead atoms. The molecule has 0 aromatic heterocycles. The largest absolute Gasteiger partial charge is 0.417 e. The van der Waals surface area contributed by atoms with Crippen LogP contribution in [0, 0.1) is 5.92 Å². The maximum Gasteiger partial charge on any atom is 0.417 e. The van der Waals surface area contributed by atoms with E-state index in [-0.39, 0.29) is 25.2 Å². The summed E-state index contributed by atoms with van der Waals surface area (Å²) in [5.74, 6) is 0.394. The molecule has 1 aliphatic heterocycles. The molecule has 1 heterocycles. The molecule has 2 N–H and O–H groups in total. The number of methoxy groups -OCH3 is 1. The van der Waals surface area contributed by atoms with E-state index in [1.54, 1.807) is 7.11 Å². The Balaban J connectivity index is 1.85. The predicted octanol–water partition coefficient (Wildman–Crippen LogP) is 1.51. The third-order valence-corrected chi connectivity index (χ3v) is 4.25. The first kappa shape index (κ1) is 16.4. The number of likely N-dealkylation sites (tertiary alicyclic amines) is 1. The number of hydrogen-bond acceptors (Lipinski definition) is 3. The molecule has 2 amide bonds. The molecule has 0 aromatic carbocycles. The van der Waals surface area contributed by atoms with E-state index < -0.39 is 24.6 Å². The summed E-state index contributed by atoms with van der Waals surface area (Å²) in [6.45, 7) is 0.190. The quantitative estimate of drug-likeness (QED) is 0.827. The number of nitrogens with one attached hydrogen (secondary N) is 1. The number of ether oxygens (including phenoxy) is 1. The minimum Gasteiger partial charge on any atom is -0.383 e. The monoisotopic (exact) mass is 310 g/mol. The first-order chi connectivity index (χ1) is 9.77. The van der Waals surface area contributed by atoms with Crippen LogP contribution in [-0.2, 0) is 4.74 Å². The number of rotatable bonds is 4. The van der Waals surface area contributed by atoms with Crippen LogP contribution in [-0.4, -0.2) is 60.7 Å². The Bertz CT molecular complexity index is 377. The zero-order valence-electron chi connectivity index (χ0n) is 11.9. The molecule has 122 valence electrons. The van der Waals surface area contributed by atoms with Gasteiger partial charge in [-0.1, -0.05) is 0 Å². The van der Waals surface area contributed by atoms with Crippen LogP contribution in [0.15, 0.2) is 0 Å². The van der Waals surface area contributed by atoms with Gasteiger partial charge in [0.05, 0.1) is 12.6 Å². The summed E-state index contributed by atoms with van der Waals surface area (Å²) < 4.78 is 43.1. The average Bonchev–Trinajstić information content (AvgIpc) is 3.22. The van der Waals surface area contributed by atoms with Crippen molar-refractivity contribution in [2.24, 2.45) is 5.92 Å². The van der Waals surface area contributed by atoms with Gasteiger partial charge in [0.2, 0.25) is 0 Å². The van der Waals surface area contributed by atoms with Crippen molar-refractivity contribution in [2.75, 3.05) is 26.8 Å². The second-order valence-corrected chi connectivity index (χ2v) is 5.87. The van der Waals surface area contributed by atoms with Crippen LogP contribution in [0.3, 0.4) is 0 Å². The highest BCUT2D eigenvalue weighted by Crippen LogP contribution is 2.38. The zero-order chi connectivity index (χ0) is 15.7. The Hall–Kier alpha value is -1.02. The van der Waals surface area contributed by atoms with Gasteiger partial charge in [-0.15, -0.1) is 0 Å². The average molecular weight is 310 g/mol. The lowest BCUT2D eigenvalue weighted by Crippen LogP contribution is -2.57. The Morgan fingerprint density at radius 1 is 1.43 bits per heavy atom. The number of carbonyl (C=O) groups is 1. The van der Waals surface area contributed by atoms with E-state index in [0.29, 0.717) is 12.5 Å². The Morgan fingerprint density at radius 3 is 2.43 bits per heavy atom. The van der Waals surface area contributed by atoms with E-state index in [4.69, 9.17) is 4.74 Å². The van der Waals surface area contributed by atoms with Crippen LogP contribution >= 0.6 is 0 Å². The molecular formula is C13H21F3N2O3. The second-order valence-electron chi connectivity index (χ2n) is 5.87. The molecule has 8 heteroatoms. The van der Waals surface area contributed by atoms with Crippen LogP contribution in [0.25, 0.3) is 0 Å². The summed E-state index contributed by atoms with van der Waals surface area (Å²) >= 11 is 0. The van der Waals surface area contributed by atoms with Gasteiger partial charge >= 0.3 is 12.2 Å². The Kier molecular flexibility index (Phi) is 4.67. The lowest BCUT2D eigenvalue weighted by atomic mass is 9.91. The molecule has 0 radical (unpaired) electrons.